The standard InChI is InChI=1S/C19H19BrN2O4/c1-12(23)21-16-9-3-13(4-10-16)11-17(24)22-18(19(25)26-2)14-5-7-15(20)8-6-14/h3-10,18H,11H2,1-2H3,(H,21,23)(H,22,24). The van der Waals surface area contributed by atoms with Crippen molar-refractivity contribution < 1.29 is 19.1 Å². The Morgan fingerprint density at radius 3 is 2.19 bits per heavy atom. The number of rotatable bonds is 6. The lowest BCUT2D eigenvalue weighted by molar-refractivity contribution is -0.145. The Labute approximate surface area is 160 Å². The number of benzene rings is 2. The van der Waals surface area contributed by atoms with E-state index < -0.39 is 12.0 Å². The van der Waals surface area contributed by atoms with Crippen LogP contribution >= 0.6 is 15.9 Å². The normalized spacial score (nSPS) is 11.3. The molecule has 1 atom stereocenters. The van der Waals surface area contributed by atoms with Gasteiger partial charge in [0.25, 0.3) is 0 Å². The zero-order valence-corrected chi connectivity index (χ0v) is 16.0. The first-order chi connectivity index (χ1) is 12.4. The van der Waals surface area contributed by atoms with Crippen LogP contribution in [0.2, 0.25) is 0 Å². The van der Waals surface area contributed by atoms with E-state index in [2.05, 4.69) is 26.6 Å². The molecule has 0 heterocycles. The van der Waals surface area contributed by atoms with Crippen molar-refractivity contribution >= 4 is 39.4 Å². The summed E-state index contributed by atoms with van der Waals surface area (Å²) in [6, 6.07) is 13.1. The number of ether oxygens (including phenoxy) is 1. The smallest absolute Gasteiger partial charge is 0.333 e. The Hall–Kier alpha value is -2.67. The van der Waals surface area contributed by atoms with Crippen molar-refractivity contribution in [3.05, 3.63) is 64.1 Å². The van der Waals surface area contributed by atoms with E-state index in [4.69, 9.17) is 4.74 Å². The van der Waals surface area contributed by atoms with E-state index in [1.807, 2.05) is 0 Å². The molecule has 2 amide bonds. The minimum atomic E-state index is -0.876. The first kappa shape index (κ1) is 19.7. The highest BCUT2D eigenvalue weighted by atomic mass is 79.9. The number of carbonyl (C=O) groups excluding carboxylic acids is 3. The molecule has 7 heteroatoms. The Bertz CT molecular complexity index is 788. The summed E-state index contributed by atoms with van der Waals surface area (Å²) in [6.07, 6.45) is 0.102. The number of hydrogen-bond donors (Lipinski definition) is 2. The van der Waals surface area contributed by atoms with Crippen LogP contribution in [0, 0.1) is 0 Å². The minimum Gasteiger partial charge on any atom is -0.467 e. The van der Waals surface area contributed by atoms with E-state index in [0.29, 0.717) is 11.3 Å². The number of methoxy groups -OCH3 is 1. The minimum absolute atomic E-state index is 0.102. The average molecular weight is 419 g/mol. The van der Waals surface area contributed by atoms with Gasteiger partial charge >= 0.3 is 5.97 Å². The quantitative estimate of drug-likeness (QED) is 0.706. The van der Waals surface area contributed by atoms with Gasteiger partial charge in [-0.1, -0.05) is 40.2 Å². The van der Waals surface area contributed by atoms with Crippen LogP contribution < -0.4 is 10.6 Å². The third-order valence-electron chi connectivity index (χ3n) is 3.58. The molecule has 0 aromatic heterocycles. The first-order valence-electron chi connectivity index (χ1n) is 7.88. The van der Waals surface area contributed by atoms with Crippen LogP contribution in [-0.4, -0.2) is 24.9 Å². The molecule has 2 rings (SSSR count). The molecule has 0 spiro atoms. The van der Waals surface area contributed by atoms with E-state index in [1.165, 1.54) is 14.0 Å². The largest absolute Gasteiger partial charge is 0.467 e. The molecule has 26 heavy (non-hydrogen) atoms. The van der Waals surface area contributed by atoms with Gasteiger partial charge < -0.3 is 15.4 Å². The molecule has 0 aliphatic heterocycles. The van der Waals surface area contributed by atoms with Gasteiger partial charge in [-0.2, -0.15) is 0 Å². The molecule has 2 N–H and O–H groups in total. The summed E-state index contributed by atoms with van der Waals surface area (Å²) in [5.74, 6) is -1.01. The summed E-state index contributed by atoms with van der Waals surface area (Å²) >= 11 is 3.33. The van der Waals surface area contributed by atoms with Gasteiger partial charge in [-0.3, -0.25) is 9.59 Å². The summed E-state index contributed by atoms with van der Waals surface area (Å²) in [7, 11) is 1.28. The number of amides is 2. The number of anilines is 1. The fraction of sp³-hybridized carbons (Fsp3) is 0.211. The highest BCUT2D eigenvalue weighted by Crippen LogP contribution is 2.19. The third kappa shape index (κ3) is 5.70. The van der Waals surface area contributed by atoms with Crippen LogP contribution in [0.1, 0.15) is 24.1 Å². The van der Waals surface area contributed by atoms with Gasteiger partial charge in [-0.05, 0) is 35.4 Å². The SMILES string of the molecule is COC(=O)C(NC(=O)Cc1ccc(NC(C)=O)cc1)c1ccc(Br)cc1. The lowest BCUT2D eigenvalue weighted by Gasteiger charge is -2.17. The number of halogens is 1. The van der Waals surface area contributed by atoms with E-state index in [9.17, 15) is 14.4 Å². The molecule has 6 nitrogen and oxygen atoms in total. The van der Waals surface area contributed by atoms with Gasteiger partial charge in [-0.25, -0.2) is 4.79 Å². The van der Waals surface area contributed by atoms with Crippen molar-refractivity contribution in [2.24, 2.45) is 0 Å². The molecule has 2 aromatic carbocycles. The van der Waals surface area contributed by atoms with Crippen LogP contribution in [0.5, 0.6) is 0 Å². The maximum atomic E-state index is 12.3. The maximum absolute atomic E-state index is 12.3. The van der Waals surface area contributed by atoms with Crippen LogP contribution in [0.3, 0.4) is 0 Å². The molecule has 2 aromatic rings. The number of nitrogens with one attached hydrogen (secondary N) is 2. The van der Waals surface area contributed by atoms with Crippen LogP contribution in [-0.2, 0) is 25.5 Å². The molecule has 0 aliphatic carbocycles. The van der Waals surface area contributed by atoms with Gasteiger partial charge in [0.15, 0.2) is 6.04 Å². The Kier molecular flexibility index (Phi) is 6.91. The summed E-state index contributed by atoms with van der Waals surface area (Å²) in [4.78, 5) is 35.4. The first-order valence-corrected chi connectivity index (χ1v) is 8.67. The van der Waals surface area contributed by atoms with Crippen LogP contribution in [0.25, 0.3) is 0 Å². The topological polar surface area (TPSA) is 84.5 Å². The van der Waals surface area contributed by atoms with Gasteiger partial charge in [0.2, 0.25) is 11.8 Å². The molecule has 0 saturated carbocycles. The fourth-order valence-electron chi connectivity index (χ4n) is 2.36. The molecule has 0 radical (unpaired) electrons. The highest BCUT2D eigenvalue weighted by Gasteiger charge is 2.23. The summed E-state index contributed by atoms with van der Waals surface area (Å²) in [6.45, 7) is 1.43. The second kappa shape index (κ2) is 9.15. The van der Waals surface area contributed by atoms with Crippen molar-refractivity contribution in [2.75, 3.05) is 12.4 Å². The zero-order chi connectivity index (χ0) is 19.1. The van der Waals surface area contributed by atoms with Gasteiger partial charge in [-0.15, -0.1) is 0 Å². The van der Waals surface area contributed by atoms with Gasteiger partial charge in [0, 0.05) is 17.1 Å². The van der Waals surface area contributed by atoms with Crippen molar-refractivity contribution in [1.82, 2.24) is 5.32 Å². The van der Waals surface area contributed by atoms with Crippen molar-refractivity contribution in [3.8, 4) is 0 Å². The maximum Gasteiger partial charge on any atom is 0.333 e. The Balaban J connectivity index is 2.06. The lowest BCUT2D eigenvalue weighted by atomic mass is 10.1. The van der Waals surface area contributed by atoms with Gasteiger partial charge in [0.1, 0.15) is 0 Å². The number of esters is 1. The number of hydrogen-bond acceptors (Lipinski definition) is 4. The Morgan fingerprint density at radius 2 is 1.65 bits per heavy atom. The van der Waals surface area contributed by atoms with Crippen LogP contribution in [0.4, 0.5) is 5.69 Å². The average Bonchev–Trinajstić information content (AvgIpc) is 2.61. The lowest BCUT2D eigenvalue weighted by Crippen LogP contribution is -2.35. The van der Waals surface area contributed by atoms with Gasteiger partial charge in [0.05, 0.1) is 13.5 Å². The summed E-state index contributed by atoms with van der Waals surface area (Å²) in [5.41, 5.74) is 2.05. The summed E-state index contributed by atoms with van der Waals surface area (Å²) < 4.78 is 5.67. The zero-order valence-electron chi connectivity index (χ0n) is 14.4. The molecular formula is C19H19BrN2O4. The van der Waals surface area contributed by atoms with E-state index in [-0.39, 0.29) is 18.2 Å². The van der Waals surface area contributed by atoms with E-state index in [0.717, 1.165) is 10.0 Å². The number of carbonyl (C=O) groups is 3. The fourth-order valence-corrected chi connectivity index (χ4v) is 2.62. The van der Waals surface area contributed by atoms with Crippen molar-refractivity contribution in [1.29, 1.82) is 0 Å². The molecule has 136 valence electrons. The Morgan fingerprint density at radius 1 is 1.04 bits per heavy atom. The molecule has 0 fully saturated rings. The highest BCUT2D eigenvalue weighted by molar-refractivity contribution is 9.10. The predicted octanol–water partition coefficient (Wildman–Crippen LogP) is 2.98. The van der Waals surface area contributed by atoms with Crippen LogP contribution in [0.15, 0.2) is 53.0 Å². The van der Waals surface area contributed by atoms with E-state index >= 15 is 0 Å². The molecule has 0 saturated heterocycles. The van der Waals surface area contributed by atoms with E-state index in [1.54, 1.807) is 48.5 Å². The monoisotopic (exact) mass is 418 g/mol. The molecule has 0 aliphatic rings. The van der Waals surface area contributed by atoms with Crippen molar-refractivity contribution in [2.45, 2.75) is 19.4 Å². The predicted molar refractivity (Wildman–Crippen MR) is 101 cm³/mol. The van der Waals surface area contributed by atoms with Crippen molar-refractivity contribution in [3.63, 3.8) is 0 Å². The summed E-state index contributed by atoms with van der Waals surface area (Å²) in [5, 5.41) is 5.36. The molecular weight excluding hydrogens is 400 g/mol. The second-order valence-electron chi connectivity index (χ2n) is 5.63. The molecule has 0 bridgehead atoms. The second-order valence-corrected chi connectivity index (χ2v) is 6.55. The third-order valence-corrected chi connectivity index (χ3v) is 4.11. The molecule has 1 unspecified atom stereocenters.